The maximum atomic E-state index is 5.71. The first-order valence-corrected chi connectivity index (χ1v) is 8.82. The second kappa shape index (κ2) is 6.02. The Morgan fingerprint density at radius 2 is 2.26 bits per heavy atom. The molecule has 1 aliphatic rings. The van der Waals surface area contributed by atoms with Gasteiger partial charge in [-0.1, -0.05) is 11.8 Å². The van der Waals surface area contributed by atoms with Gasteiger partial charge in [0.1, 0.15) is 5.75 Å². The summed E-state index contributed by atoms with van der Waals surface area (Å²) in [6.45, 7) is 2.98. The summed E-state index contributed by atoms with van der Waals surface area (Å²) in [5.74, 6) is 1.76. The molecule has 4 rings (SSSR count). The first-order valence-electron chi connectivity index (χ1n) is 7.83. The van der Waals surface area contributed by atoms with Gasteiger partial charge in [-0.15, -0.1) is 10.2 Å². The van der Waals surface area contributed by atoms with E-state index in [-0.39, 0.29) is 0 Å². The van der Waals surface area contributed by atoms with E-state index in [1.807, 2.05) is 6.07 Å². The molecule has 6 heteroatoms. The maximum absolute atomic E-state index is 5.71. The number of benzene rings is 1. The fourth-order valence-electron chi connectivity index (χ4n) is 3.07. The van der Waals surface area contributed by atoms with Crippen molar-refractivity contribution in [1.29, 1.82) is 0 Å². The van der Waals surface area contributed by atoms with Crippen molar-refractivity contribution in [3.63, 3.8) is 0 Å². The van der Waals surface area contributed by atoms with E-state index in [4.69, 9.17) is 9.47 Å². The molecule has 3 aromatic rings. The van der Waals surface area contributed by atoms with Crippen LogP contribution in [0.1, 0.15) is 18.4 Å². The average molecular weight is 329 g/mol. The molecule has 1 saturated heterocycles. The smallest absolute Gasteiger partial charge is 0.196 e. The van der Waals surface area contributed by atoms with Crippen molar-refractivity contribution in [3.8, 4) is 5.75 Å². The number of pyridine rings is 1. The van der Waals surface area contributed by atoms with Gasteiger partial charge >= 0.3 is 0 Å². The van der Waals surface area contributed by atoms with E-state index in [0.29, 0.717) is 6.10 Å². The number of thioether (sulfide) groups is 1. The standard InChI is InChI=1S/C17H19N3O2S/c1-11-8-16-18-19-17(23-10-13-4-3-7-22-13)20(16)15-9-12(21-2)5-6-14(11)15/h5-6,8-9,13H,3-4,7,10H2,1-2H3. The summed E-state index contributed by atoms with van der Waals surface area (Å²) in [5, 5.41) is 10.8. The summed E-state index contributed by atoms with van der Waals surface area (Å²) in [4.78, 5) is 0. The minimum atomic E-state index is 0.332. The highest BCUT2D eigenvalue weighted by Gasteiger charge is 2.18. The molecular formula is C17H19N3O2S. The second-order valence-corrected chi connectivity index (χ2v) is 6.82. The number of ether oxygens (including phenoxy) is 2. The number of fused-ring (bicyclic) bond motifs is 3. The van der Waals surface area contributed by atoms with Crippen LogP contribution in [0.2, 0.25) is 0 Å². The normalized spacial score (nSPS) is 18.1. The van der Waals surface area contributed by atoms with Gasteiger partial charge in [-0.05, 0) is 43.5 Å². The highest BCUT2D eigenvalue weighted by atomic mass is 32.2. The van der Waals surface area contributed by atoms with Crippen LogP contribution in [0, 0.1) is 6.92 Å². The fraction of sp³-hybridized carbons (Fsp3) is 0.412. The number of methoxy groups -OCH3 is 1. The molecule has 23 heavy (non-hydrogen) atoms. The lowest BCUT2D eigenvalue weighted by molar-refractivity contribution is 0.129. The van der Waals surface area contributed by atoms with Gasteiger partial charge in [-0.25, -0.2) is 0 Å². The van der Waals surface area contributed by atoms with Crippen LogP contribution in [-0.2, 0) is 4.74 Å². The van der Waals surface area contributed by atoms with Crippen molar-refractivity contribution in [3.05, 3.63) is 29.8 Å². The summed E-state index contributed by atoms with van der Waals surface area (Å²) in [6, 6.07) is 8.22. The van der Waals surface area contributed by atoms with Gasteiger partial charge in [0, 0.05) is 23.8 Å². The first-order chi connectivity index (χ1) is 11.3. The van der Waals surface area contributed by atoms with Gasteiger partial charge in [0.15, 0.2) is 10.8 Å². The first kappa shape index (κ1) is 14.8. The molecule has 1 aromatic carbocycles. The van der Waals surface area contributed by atoms with Crippen molar-refractivity contribution in [1.82, 2.24) is 14.6 Å². The minimum absolute atomic E-state index is 0.332. The van der Waals surface area contributed by atoms with Crippen LogP contribution in [0.25, 0.3) is 16.6 Å². The Hall–Kier alpha value is -1.79. The van der Waals surface area contributed by atoms with Crippen LogP contribution < -0.4 is 4.74 Å². The number of aryl methyl sites for hydroxylation is 1. The summed E-state index contributed by atoms with van der Waals surface area (Å²) in [7, 11) is 1.69. The molecule has 0 saturated carbocycles. The lowest BCUT2D eigenvalue weighted by Crippen LogP contribution is -2.08. The van der Waals surface area contributed by atoms with Crippen LogP contribution >= 0.6 is 11.8 Å². The molecule has 0 radical (unpaired) electrons. The van der Waals surface area contributed by atoms with Crippen molar-refractivity contribution in [2.24, 2.45) is 0 Å². The van der Waals surface area contributed by atoms with E-state index in [9.17, 15) is 0 Å². The van der Waals surface area contributed by atoms with Crippen LogP contribution in [0.15, 0.2) is 29.4 Å². The molecule has 0 spiro atoms. The molecule has 3 heterocycles. The zero-order chi connectivity index (χ0) is 15.8. The molecule has 0 amide bonds. The topological polar surface area (TPSA) is 48.7 Å². The monoisotopic (exact) mass is 329 g/mol. The Bertz CT molecular complexity index is 856. The fourth-order valence-corrected chi connectivity index (χ4v) is 4.08. The maximum Gasteiger partial charge on any atom is 0.196 e. The lowest BCUT2D eigenvalue weighted by atomic mass is 10.1. The van der Waals surface area contributed by atoms with E-state index in [2.05, 4.69) is 39.7 Å². The number of rotatable bonds is 4. The Morgan fingerprint density at radius 1 is 1.35 bits per heavy atom. The lowest BCUT2D eigenvalue weighted by Gasteiger charge is -2.10. The van der Waals surface area contributed by atoms with Gasteiger partial charge in [-0.3, -0.25) is 4.40 Å². The van der Waals surface area contributed by atoms with Gasteiger partial charge in [-0.2, -0.15) is 0 Å². The molecule has 2 aromatic heterocycles. The predicted octanol–water partition coefficient (Wildman–Crippen LogP) is 3.47. The Morgan fingerprint density at radius 3 is 3.04 bits per heavy atom. The third-order valence-corrected chi connectivity index (χ3v) is 5.36. The van der Waals surface area contributed by atoms with E-state index >= 15 is 0 Å². The van der Waals surface area contributed by atoms with Crippen LogP contribution in [0.4, 0.5) is 0 Å². The van der Waals surface area contributed by atoms with Crippen LogP contribution in [-0.4, -0.2) is 40.2 Å². The van der Waals surface area contributed by atoms with E-state index in [1.54, 1.807) is 18.9 Å². The van der Waals surface area contributed by atoms with Crippen LogP contribution in [0.5, 0.6) is 5.75 Å². The summed E-state index contributed by atoms with van der Waals surface area (Å²) in [6.07, 6.45) is 2.63. The molecule has 120 valence electrons. The molecule has 5 nitrogen and oxygen atoms in total. The molecule has 1 fully saturated rings. The number of aromatic nitrogens is 3. The highest BCUT2D eigenvalue weighted by molar-refractivity contribution is 7.99. The number of hydrogen-bond acceptors (Lipinski definition) is 5. The Kier molecular flexibility index (Phi) is 3.87. The van der Waals surface area contributed by atoms with Gasteiger partial charge in [0.2, 0.25) is 0 Å². The summed E-state index contributed by atoms with van der Waals surface area (Å²) in [5.41, 5.74) is 3.15. The van der Waals surface area contributed by atoms with Gasteiger partial charge in [0.05, 0.1) is 18.7 Å². The zero-order valence-electron chi connectivity index (χ0n) is 13.3. The highest BCUT2D eigenvalue weighted by Crippen LogP contribution is 2.29. The SMILES string of the molecule is COc1ccc2c(C)cc3nnc(SCC4CCCO4)n3c2c1. The van der Waals surface area contributed by atoms with E-state index in [0.717, 1.165) is 47.3 Å². The molecule has 1 aliphatic heterocycles. The number of nitrogens with zero attached hydrogens (tertiary/aromatic N) is 3. The van der Waals surface area contributed by atoms with E-state index < -0.39 is 0 Å². The van der Waals surface area contributed by atoms with E-state index in [1.165, 1.54) is 10.9 Å². The van der Waals surface area contributed by atoms with Gasteiger partial charge < -0.3 is 9.47 Å². The summed E-state index contributed by atoms with van der Waals surface area (Å²) < 4.78 is 13.2. The predicted molar refractivity (Wildman–Crippen MR) is 91.5 cm³/mol. The molecular weight excluding hydrogens is 310 g/mol. The molecule has 0 N–H and O–H groups in total. The van der Waals surface area contributed by atoms with Crippen molar-refractivity contribution in [2.75, 3.05) is 19.5 Å². The molecule has 1 unspecified atom stereocenters. The van der Waals surface area contributed by atoms with Gasteiger partial charge in [0.25, 0.3) is 0 Å². The third kappa shape index (κ3) is 2.66. The molecule has 1 atom stereocenters. The van der Waals surface area contributed by atoms with Crippen molar-refractivity contribution in [2.45, 2.75) is 31.0 Å². The largest absolute Gasteiger partial charge is 0.497 e. The molecule has 0 bridgehead atoms. The zero-order valence-corrected chi connectivity index (χ0v) is 14.1. The Labute approximate surface area is 139 Å². The minimum Gasteiger partial charge on any atom is -0.497 e. The quantitative estimate of drug-likeness (QED) is 0.686. The van der Waals surface area contributed by atoms with Crippen LogP contribution in [0.3, 0.4) is 0 Å². The Balaban J connectivity index is 1.80. The third-order valence-electron chi connectivity index (χ3n) is 4.30. The second-order valence-electron chi connectivity index (χ2n) is 5.83. The summed E-state index contributed by atoms with van der Waals surface area (Å²) >= 11 is 1.71. The van der Waals surface area contributed by atoms with Crippen molar-refractivity contribution >= 4 is 28.3 Å². The number of hydrogen-bond donors (Lipinski definition) is 0. The average Bonchev–Trinajstić information content (AvgIpc) is 3.22. The molecule has 0 aliphatic carbocycles. The van der Waals surface area contributed by atoms with Crippen molar-refractivity contribution < 1.29 is 9.47 Å².